The van der Waals surface area contributed by atoms with Gasteiger partial charge >= 0.3 is 0 Å². The van der Waals surface area contributed by atoms with E-state index in [1.807, 2.05) is 47.3 Å². The van der Waals surface area contributed by atoms with Crippen molar-refractivity contribution in [1.82, 2.24) is 24.8 Å². The number of nitrogen functional groups attached to an aromatic ring is 1. The van der Waals surface area contributed by atoms with Crippen molar-refractivity contribution in [1.29, 1.82) is 0 Å². The third kappa shape index (κ3) is 2.16. The Labute approximate surface area is 116 Å². The molecule has 0 fully saturated rings. The molecule has 0 saturated heterocycles. The van der Waals surface area contributed by atoms with Crippen LogP contribution in [0.4, 0.5) is 5.82 Å². The minimum absolute atomic E-state index is 0.498. The van der Waals surface area contributed by atoms with Crippen LogP contribution in [0.2, 0.25) is 0 Å². The number of hydrogen-bond donors (Lipinski definition) is 1. The number of anilines is 1. The Balaban J connectivity index is 1.97. The highest BCUT2D eigenvalue weighted by molar-refractivity contribution is 5.70. The van der Waals surface area contributed by atoms with E-state index in [4.69, 9.17) is 5.73 Å². The molecule has 0 aliphatic rings. The molecule has 0 aliphatic heterocycles. The summed E-state index contributed by atoms with van der Waals surface area (Å²) < 4.78 is 3.44. The van der Waals surface area contributed by atoms with Gasteiger partial charge in [-0.2, -0.15) is 9.78 Å². The fraction of sp³-hybridized carbons (Fsp3) is 0.214. The number of benzene rings is 1. The summed E-state index contributed by atoms with van der Waals surface area (Å²) in [6, 6.07) is 11.7. The third-order valence-electron chi connectivity index (χ3n) is 3.05. The minimum Gasteiger partial charge on any atom is -0.382 e. The van der Waals surface area contributed by atoms with Crippen molar-refractivity contribution < 1.29 is 0 Å². The van der Waals surface area contributed by atoms with Crippen molar-refractivity contribution in [2.75, 3.05) is 5.73 Å². The van der Waals surface area contributed by atoms with Gasteiger partial charge in [-0.15, -0.1) is 5.10 Å². The van der Waals surface area contributed by atoms with Crippen LogP contribution >= 0.6 is 0 Å². The summed E-state index contributed by atoms with van der Waals surface area (Å²) in [4.78, 5) is 0. The number of nitrogens with zero attached hydrogens (tertiary/aromatic N) is 5. The predicted octanol–water partition coefficient (Wildman–Crippen LogP) is 2.12. The average Bonchev–Trinajstić information content (AvgIpc) is 3.07. The summed E-state index contributed by atoms with van der Waals surface area (Å²) in [5, 5.41) is 12.7. The van der Waals surface area contributed by atoms with Gasteiger partial charge in [0.05, 0.1) is 0 Å². The van der Waals surface area contributed by atoms with Crippen LogP contribution in [0.15, 0.2) is 42.6 Å². The number of hydrogen-bond acceptors (Lipinski definition) is 4. The fourth-order valence-electron chi connectivity index (χ4n) is 2.08. The lowest BCUT2D eigenvalue weighted by atomic mass is 10.1. The van der Waals surface area contributed by atoms with Gasteiger partial charge in [-0.1, -0.05) is 42.5 Å². The molecule has 0 spiro atoms. The maximum Gasteiger partial charge on any atom is 0.179 e. The van der Waals surface area contributed by atoms with Crippen LogP contribution in [-0.4, -0.2) is 24.8 Å². The molecule has 0 radical (unpaired) electrons. The van der Waals surface area contributed by atoms with Crippen molar-refractivity contribution in [3.05, 3.63) is 42.6 Å². The first-order chi connectivity index (χ1) is 9.79. The summed E-state index contributed by atoms with van der Waals surface area (Å²) >= 11 is 0. The van der Waals surface area contributed by atoms with Gasteiger partial charge < -0.3 is 5.73 Å². The largest absolute Gasteiger partial charge is 0.382 e. The first-order valence-electron chi connectivity index (χ1n) is 6.60. The lowest BCUT2D eigenvalue weighted by Crippen LogP contribution is -2.05. The molecule has 6 heteroatoms. The van der Waals surface area contributed by atoms with E-state index in [0.29, 0.717) is 17.3 Å². The van der Waals surface area contributed by atoms with Crippen LogP contribution in [0.1, 0.15) is 13.3 Å². The quantitative estimate of drug-likeness (QED) is 0.786. The first-order valence-corrected chi connectivity index (χ1v) is 6.60. The van der Waals surface area contributed by atoms with Crippen molar-refractivity contribution >= 4 is 5.82 Å². The Morgan fingerprint density at radius 2 is 1.95 bits per heavy atom. The van der Waals surface area contributed by atoms with Gasteiger partial charge in [0.25, 0.3) is 0 Å². The van der Waals surface area contributed by atoms with Gasteiger partial charge in [-0.25, -0.2) is 0 Å². The van der Waals surface area contributed by atoms with Crippen LogP contribution in [0, 0.1) is 0 Å². The van der Waals surface area contributed by atoms with Crippen LogP contribution in [0.5, 0.6) is 0 Å². The van der Waals surface area contributed by atoms with Crippen LogP contribution in [0.3, 0.4) is 0 Å². The second kappa shape index (κ2) is 5.16. The molecule has 2 N–H and O–H groups in total. The van der Waals surface area contributed by atoms with E-state index >= 15 is 0 Å². The maximum absolute atomic E-state index is 6.14. The maximum atomic E-state index is 6.14. The van der Waals surface area contributed by atoms with Gasteiger partial charge in [0.2, 0.25) is 0 Å². The fourth-order valence-corrected chi connectivity index (χ4v) is 2.08. The zero-order chi connectivity index (χ0) is 13.9. The molecule has 102 valence electrons. The molecule has 0 amide bonds. The molecule has 2 heterocycles. The molecule has 0 bridgehead atoms. The van der Waals surface area contributed by atoms with E-state index in [2.05, 4.69) is 22.3 Å². The number of aryl methyl sites for hydroxylation is 1. The number of nitrogens with two attached hydrogens (primary N) is 1. The van der Waals surface area contributed by atoms with Crippen LogP contribution in [0.25, 0.3) is 17.1 Å². The van der Waals surface area contributed by atoms with Crippen molar-refractivity contribution in [2.24, 2.45) is 0 Å². The molecule has 0 atom stereocenters. The van der Waals surface area contributed by atoms with Gasteiger partial charge in [-0.3, -0.25) is 4.68 Å². The van der Waals surface area contributed by atoms with E-state index in [1.165, 1.54) is 0 Å². The Morgan fingerprint density at radius 1 is 1.15 bits per heavy atom. The van der Waals surface area contributed by atoms with Crippen molar-refractivity contribution in [2.45, 2.75) is 19.9 Å². The second-order valence-corrected chi connectivity index (χ2v) is 4.54. The van der Waals surface area contributed by atoms with Gasteiger partial charge in [0.1, 0.15) is 5.69 Å². The summed E-state index contributed by atoms with van der Waals surface area (Å²) in [6.07, 6.45) is 2.95. The Bertz CT molecular complexity index is 698. The normalized spacial score (nSPS) is 10.8. The standard InChI is InChI=1S/C14H16N6/c1-2-9-19-10-8-12(17-19)20-14(15)13(16-18-20)11-6-4-3-5-7-11/h3-8,10H,2,9,15H2,1H3. The minimum atomic E-state index is 0.498. The highest BCUT2D eigenvalue weighted by atomic mass is 15.5. The van der Waals surface area contributed by atoms with Crippen LogP contribution in [-0.2, 0) is 6.54 Å². The second-order valence-electron chi connectivity index (χ2n) is 4.54. The van der Waals surface area contributed by atoms with E-state index in [1.54, 1.807) is 4.68 Å². The van der Waals surface area contributed by atoms with Crippen LogP contribution < -0.4 is 5.73 Å². The summed E-state index contributed by atoms with van der Waals surface area (Å²) in [5.74, 6) is 1.18. The molecule has 0 unspecified atom stereocenters. The lowest BCUT2D eigenvalue weighted by molar-refractivity contribution is 0.593. The van der Waals surface area contributed by atoms with Gasteiger partial charge in [0, 0.05) is 24.4 Å². The zero-order valence-electron chi connectivity index (χ0n) is 11.3. The van der Waals surface area contributed by atoms with Crippen molar-refractivity contribution in [3.63, 3.8) is 0 Å². The molecule has 20 heavy (non-hydrogen) atoms. The summed E-state index contributed by atoms with van der Waals surface area (Å²) in [6.45, 7) is 2.98. The molecule has 3 rings (SSSR count). The summed E-state index contributed by atoms with van der Waals surface area (Å²) in [7, 11) is 0. The zero-order valence-corrected chi connectivity index (χ0v) is 11.3. The molecule has 0 saturated carbocycles. The highest BCUT2D eigenvalue weighted by Gasteiger charge is 2.14. The molecule has 2 aromatic heterocycles. The van der Waals surface area contributed by atoms with E-state index in [-0.39, 0.29) is 0 Å². The molecule has 3 aromatic rings. The molecule has 1 aromatic carbocycles. The third-order valence-corrected chi connectivity index (χ3v) is 3.05. The SMILES string of the molecule is CCCn1ccc(-n2nnc(-c3ccccc3)c2N)n1. The highest BCUT2D eigenvalue weighted by Crippen LogP contribution is 2.24. The first kappa shape index (κ1) is 12.4. The molecular formula is C14H16N6. The molecular weight excluding hydrogens is 252 g/mol. The lowest BCUT2D eigenvalue weighted by Gasteiger charge is -2.00. The van der Waals surface area contributed by atoms with E-state index in [9.17, 15) is 0 Å². The van der Waals surface area contributed by atoms with E-state index in [0.717, 1.165) is 18.5 Å². The Hall–Kier alpha value is -2.63. The summed E-state index contributed by atoms with van der Waals surface area (Å²) in [5.41, 5.74) is 7.76. The molecule has 0 aliphatic carbocycles. The average molecular weight is 268 g/mol. The Morgan fingerprint density at radius 3 is 2.70 bits per heavy atom. The molecule has 6 nitrogen and oxygen atoms in total. The van der Waals surface area contributed by atoms with Crippen molar-refractivity contribution in [3.8, 4) is 17.1 Å². The van der Waals surface area contributed by atoms with E-state index < -0.39 is 0 Å². The van der Waals surface area contributed by atoms with Gasteiger partial charge in [-0.05, 0) is 6.42 Å². The smallest absolute Gasteiger partial charge is 0.179 e. The Kier molecular flexibility index (Phi) is 3.20. The number of rotatable bonds is 4. The monoisotopic (exact) mass is 268 g/mol. The predicted molar refractivity (Wildman–Crippen MR) is 77.3 cm³/mol. The number of aromatic nitrogens is 5. The van der Waals surface area contributed by atoms with Gasteiger partial charge in [0.15, 0.2) is 11.6 Å². The topological polar surface area (TPSA) is 74.5 Å².